The van der Waals surface area contributed by atoms with Crippen LogP contribution in [0.3, 0.4) is 0 Å². The average Bonchev–Trinajstić information content (AvgIpc) is 0. The summed E-state index contributed by atoms with van der Waals surface area (Å²) in [6, 6.07) is 0. The molecule has 0 spiro atoms. The second-order valence-electron chi connectivity index (χ2n) is 0. The van der Waals surface area contributed by atoms with Crippen LogP contribution in [0.4, 0.5) is 0 Å². The molecule has 0 unspecified atom stereocenters. The number of hydrogen-bond acceptors (Lipinski definition) is 0. The molecule has 0 rings (SSSR count). The molecule has 0 aliphatic carbocycles. The Labute approximate surface area is 77.2 Å². The number of hydrogen-bond donors (Lipinski definition) is 0. The van der Waals surface area contributed by atoms with E-state index in [2.05, 4.69) is 0 Å². The van der Waals surface area contributed by atoms with E-state index in [0.29, 0.717) is 0 Å². The topological polar surface area (TPSA) is 0 Å². The van der Waals surface area contributed by atoms with Gasteiger partial charge in [-0.1, -0.05) is 0 Å². The van der Waals surface area contributed by atoms with Crippen molar-refractivity contribution in [2.45, 2.75) is 0 Å². The van der Waals surface area contributed by atoms with Gasteiger partial charge in [0.05, 0.1) is 0 Å². The van der Waals surface area contributed by atoms with Crippen LogP contribution in [0.15, 0.2) is 0 Å². The van der Waals surface area contributed by atoms with Crippen molar-refractivity contribution in [3.63, 3.8) is 0 Å². The third-order valence-electron chi connectivity index (χ3n) is 0. The third kappa shape index (κ3) is 8.85. The molecule has 24 valence electrons. The third-order valence-corrected chi connectivity index (χ3v) is 0. The van der Waals surface area contributed by atoms with E-state index in [4.69, 9.17) is 0 Å². The maximum absolute atomic E-state index is 0. The second-order valence-corrected chi connectivity index (χ2v) is 0. The van der Waals surface area contributed by atoms with Gasteiger partial charge in [0.1, 0.15) is 0 Å². The molecule has 0 nitrogen and oxygen atoms in total. The van der Waals surface area contributed by atoms with E-state index in [1.54, 1.807) is 0 Å². The first-order valence-corrected chi connectivity index (χ1v) is 0. The zero-order chi connectivity index (χ0) is 0. The van der Waals surface area contributed by atoms with Crippen molar-refractivity contribution in [1.82, 2.24) is 0 Å². The van der Waals surface area contributed by atoms with Crippen LogP contribution in [-0.4, -0.2) is 0 Å². The fourth-order valence-corrected chi connectivity index (χ4v) is 0. The van der Waals surface area contributed by atoms with Gasteiger partial charge < -0.3 is 24.8 Å². The van der Waals surface area contributed by atoms with E-state index in [-0.39, 0.29) is 78.3 Å². The second kappa shape index (κ2) is 18.5. The van der Waals surface area contributed by atoms with E-state index in [1.807, 2.05) is 0 Å². The Hall–Kier alpha value is 2.31. The van der Waals surface area contributed by atoms with Crippen molar-refractivity contribution in [2.75, 3.05) is 0 Å². The van der Waals surface area contributed by atoms with Gasteiger partial charge in [-0.3, -0.25) is 0 Å². The van der Waals surface area contributed by atoms with E-state index in [0.717, 1.165) is 0 Å². The molecular formula is H2Cl2INa. The molecule has 0 atom stereocenters. The smallest absolute Gasteiger partial charge is 1.00 e. The number of halogens is 3. The molecule has 4 heteroatoms. The SMILES string of the molecule is [Cl-].[Cl-].[IH2+].[Na+]. The zero-order valence-corrected chi connectivity index (χ0v) is 8.27. The van der Waals surface area contributed by atoms with Gasteiger partial charge in [0, 0.05) is 0 Å². The molecule has 0 aromatic rings. The first-order chi connectivity index (χ1) is 0. The Morgan fingerprint density at radius 3 is 0.750 bits per heavy atom. The average molecular weight is 223 g/mol. The summed E-state index contributed by atoms with van der Waals surface area (Å²) in [6.45, 7) is 0. The summed E-state index contributed by atoms with van der Waals surface area (Å²) in [5.74, 6) is 0. The summed E-state index contributed by atoms with van der Waals surface area (Å²) in [4.78, 5) is 0. The Morgan fingerprint density at radius 1 is 0.750 bits per heavy atom. The first kappa shape index (κ1) is 33.3. The van der Waals surface area contributed by atoms with Crippen LogP contribution >= 0.6 is 0 Å². The summed E-state index contributed by atoms with van der Waals surface area (Å²) >= 11 is 0. The van der Waals surface area contributed by atoms with Crippen LogP contribution in [0.25, 0.3) is 0 Å². The predicted molar refractivity (Wildman–Crippen MR) is 2.79 cm³/mol. The molecule has 0 radical (unpaired) electrons. The molecule has 0 aliphatic rings. The van der Waals surface area contributed by atoms with E-state index in [9.17, 15) is 0 Å². The molecule has 0 aliphatic heterocycles. The Kier molecular flexibility index (Phi) is 154. The molecule has 0 bridgehead atoms. The Bertz CT molecular complexity index is 6.00. The molecule has 0 N–H and O–H groups in total. The van der Waals surface area contributed by atoms with Crippen LogP contribution in [0.5, 0.6) is 0 Å². The molecule has 0 aromatic heterocycles. The minimum atomic E-state index is 0. The van der Waals surface area contributed by atoms with Gasteiger partial charge in [-0.25, -0.2) is 0 Å². The van der Waals surface area contributed by atoms with Gasteiger partial charge in [0.15, 0.2) is 0 Å². The molecule has 0 saturated heterocycles. The minimum absolute atomic E-state index is 0. The van der Waals surface area contributed by atoms with Crippen molar-refractivity contribution in [1.29, 1.82) is 0 Å². The van der Waals surface area contributed by atoms with Gasteiger partial charge >= 0.3 is 29.6 Å². The van der Waals surface area contributed by atoms with Crippen molar-refractivity contribution in [2.24, 2.45) is 0 Å². The van der Waals surface area contributed by atoms with Crippen molar-refractivity contribution < 1.29 is 78.3 Å². The monoisotopic (exact) mass is 222 g/mol. The van der Waals surface area contributed by atoms with Crippen LogP contribution in [-0.2, 0) is 0 Å². The fourth-order valence-electron chi connectivity index (χ4n) is 0. The molecule has 0 saturated carbocycles. The van der Waals surface area contributed by atoms with Gasteiger partial charge in [-0.05, 0) is 0 Å². The van der Waals surface area contributed by atoms with Gasteiger partial charge in [-0.2, -0.15) is 0 Å². The summed E-state index contributed by atoms with van der Waals surface area (Å²) < 4.78 is 0. The van der Waals surface area contributed by atoms with Crippen molar-refractivity contribution in [3.05, 3.63) is 0 Å². The Balaban J connectivity index is 0. The first-order valence-electron chi connectivity index (χ1n) is 0. The van der Waals surface area contributed by atoms with Crippen LogP contribution in [0.1, 0.15) is 0 Å². The van der Waals surface area contributed by atoms with Crippen LogP contribution in [0, 0.1) is 0 Å². The van der Waals surface area contributed by atoms with Crippen LogP contribution < -0.4 is 78.3 Å². The van der Waals surface area contributed by atoms with Gasteiger partial charge in [0.2, 0.25) is 24.0 Å². The standard InChI is InChI=1S/2ClH.H2I.Na/h2*1H;1H2;/q;;2*+1/p-2. The number of rotatable bonds is 0. The fraction of sp³-hybridized carbons (Fsp3) is 0. The quantitative estimate of drug-likeness (QED) is 0.282. The summed E-state index contributed by atoms with van der Waals surface area (Å²) in [5, 5.41) is 0. The maximum atomic E-state index is 0. The van der Waals surface area contributed by atoms with E-state index in [1.165, 1.54) is 0 Å². The van der Waals surface area contributed by atoms with Crippen molar-refractivity contribution >= 4 is 0 Å². The van der Waals surface area contributed by atoms with Crippen LogP contribution in [0.2, 0.25) is 0 Å². The summed E-state index contributed by atoms with van der Waals surface area (Å²) in [6.07, 6.45) is 0. The Morgan fingerprint density at radius 2 is 0.750 bits per heavy atom. The normalized spacial score (nSPS) is 0. The van der Waals surface area contributed by atoms with E-state index < -0.39 is 0 Å². The van der Waals surface area contributed by atoms with Gasteiger partial charge in [0.25, 0.3) is 0 Å². The largest absolute Gasteiger partial charge is 1.00 e. The van der Waals surface area contributed by atoms with Crippen molar-refractivity contribution in [3.8, 4) is 0 Å². The molecule has 4 heavy (non-hydrogen) atoms. The summed E-state index contributed by atoms with van der Waals surface area (Å²) in [5.41, 5.74) is 0. The maximum Gasteiger partial charge on any atom is 1.00 e. The van der Waals surface area contributed by atoms with Gasteiger partial charge in [-0.15, -0.1) is 0 Å². The molecule has 0 aromatic carbocycles. The summed E-state index contributed by atoms with van der Waals surface area (Å²) in [7, 11) is 0. The zero-order valence-electron chi connectivity index (χ0n) is 2.20. The molecule has 0 fully saturated rings. The molecule has 0 amide bonds. The predicted octanol–water partition coefficient (Wildman–Crippen LogP) is -12.5. The van der Waals surface area contributed by atoms with E-state index >= 15 is 0 Å². The molecular weight excluding hydrogens is 221 g/mol. The molecule has 0 heterocycles. The minimum Gasteiger partial charge on any atom is -1.00 e.